The minimum Gasteiger partial charge on any atom is -0.496 e. The van der Waals surface area contributed by atoms with E-state index in [9.17, 15) is 0 Å². The molecular formula is C21H17NO2. The minimum atomic E-state index is 0.523. The molecule has 0 fully saturated rings. The summed E-state index contributed by atoms with van der Waals surface area (Å²) in [6.07, 6.45) is 0. The summed E-state index contributed by atoms with van der Waals surface area (Å²) < 4.78 is 11.3. The second kappa shape index (κ2) is 7.34. The predicted octanol–water partition coefficient (Wildman–Crippen LogP) is 4.81. The Kier molecular flexibility index (Phi) is 4.78. The quantitative estimate of drug-likeness (QED) is 0.678. The van der Waals surface area contributed by atoms with E-state index in [-0.39, 0.29) is 0 Å². The highest BCUT2D eigenvalue weighted by Gasteiger charge is 2.08. The summed E-state index contributed by atoms with van der Waals surface area (Å²) >= 11 is 0. The maximum absolute atomic E-state index is 9.02. The molecule has 0 saturated heterocycles. The van der Waals surface area contributed by atoms with Crippen LogP contribution in [0.3, 0.4) is 0 Å². The molecule has 3 heteroatoms. The average Bonchev–Trinajstić information content (AvgIpc) is 2.67. The van der Waals surface area contributed by atoms with Gasteiger partial charge in [0, 0.05) is 5.56 Å². The predicted molar refractivity (Wildman–Crippen MR) is 93.9 cm³/mol. The second-order valence-electron chi connectivity index (χ2n) is 5.33. The molecule has 0 aliphatic rings. The van der Waals surface area contributed by atoms with E-state index in [0.29, 0.717) is 17.9 Å². The molecule has 0 radical (unpaired) electrons. The van der Waals surface area contributed by atoms with Crippen molar-refractivity contribution in [3.05, 3.63) is 83.9 Å². The Hall–Kier alpha value is -3.25. The zero-order valence-electron chi connectivity index (χ0n) is 13.4. The first kappa shape index (κ1) is 15.6. The lowest BCUT2D eigenvalue weighted by atomic mass is 10.0. The van der Waals surface area contributed by atoms with Crippen molar-refractivity contribution in [3.63, 3.8) is 0 Å². The lowest BCUT2D eigenvalue weighted by molar-refractivity contribution is 0.306. The van der Waals surface area contributed by atoms with Crippen molar-refractivity contribution < 1.29 is 9.47 Å². The summed E-state index contributed by atoms with van der Waals surface area (Å²) in [4.78, 5) is 0. The van der Waals surface area contributed by atoms with Crippen molar-refractivity contribution in [1.82, 2.24) is 0 Å². The Morgan fingerprint density at radius 3 is 2.50 bits per heavy atom. The Morgan fingerprint density at radius 1 is 0.917 bits per heavy atom. The summed E-state index contributed by atoms with van der Waals surface area (Å²) in [5.41, 5.74) is 3.62. The van der Waals surface area contributed by atoms with Gasteiger partial charge in [0.25, 0.3) is 0 Å². The molecule has 0 unspecified atom stereocenters. The zero-order chi connectivity index (χ0) is 16.8. The number of rotatable bonds is 5. The van der Waals surface area contributed by atoms with Gasteiger partial charge in [0.05, 0.1) is 18.7 Å². The molecule has 118 valence electrons. The highest BCUT2D eigenvalue weighted by atomic mass is 16.5. The molecule has 0 N–H and O–H groups in total. The van der Waals surface area contributed by atoms with Crippen LogP contribution in [0.15, 0.2) is 72.8 Å². The average molecular weight is 315 g/mol. The van der Waals surface area contributed by atoms with E-state index in [1.165, 1.54) is 0 Å². The van der Waals surface area contributed by atoms with E-state index in [2.05, 4.69) is 6.07 Å². The molecule has 3 aromatic carbocycles. The van der Waals surface area contributed by atoms with Crippen LogP contribution in [0.4, 0.5) is 0 Å². The number of nitrogens with zero attached hydrogens (tertiary/aromatic N) is 1. The first-order valence-electron chi connectivity index (χ1n) is 7.65. The monoisotopic (exact) mass is 315 g/mol. The number of nitriles is 1. The van der Waals surface area contributed by atoms with Crippen molar-refractivity contribution >= 4 is 0 Å². The molecule has 0 bridgehead atoms. The van der Waals surface area contributed by atoms with Crippen LogP contribution in [0.5, 0.6) is 11.5 Å². The first-order valence-corrected chi connectivity index (χ1v) is 7.65. The standard InChI is InChI=1S/C21H17NO2/c1-23-21-12-17(14-22)10-11-20(21)18-8-5-9-19(13-18)24-15-16-6-3-2-4-7-16/h2-13H,15H2,1H3. The van der Waals surface area contributed by atoms with Gasteiger partial charge >= 0.3 is 0 Å². The van der Waals surface area contributed by atoms with Crippen LogP contribution in [0.2, 0.25) is 0 Å². The molecule has 0 atom stereocenters. The molecule has 3 rings (SSSR count). The molecule has 0 aromatic heterocycles. The molecule has 3 nitrogen and oxygen atoms in total. The van der Waals surface area contributed by atoms with Crippen LogP contribution in [0.25, 0.3) is 11.1 Å². The number of benzene rings is 3. The maximum atomic E-state index is 9.02. The van der Waals surface area contributed by atoms with Crippen molar-refractivity contribution in [3.8, 4) is 28.7 Å². The summed E-state index contributed by atoms with van der Waals surface area (Å²) in [7, 11) is 1.61. The summed E-state index contributed by atoms with van der Waals surface area (Å²) in [5.74, 6) is 1.47. The van der Waals surface area contributed by atoms with Crippen LogP contribution < -0.4 is 9.47 Å². The third kappa shape index (κ3) is 3.56. The number of methoxy groups -OCH3 is 1. The first-order chi connectivity index (χ1) is 11.8. The summed E-state index contributed by atoms with van der Waals surface area (Å²) in [6.45, 7) is 0.523. The van der Waals surface area contributed by atoms with E-state index < -0.39 is 0 Å². The van der Waals surface area contributed by atoms with Gasteiger partial charge in [0.15, 0.2) is 0 Å². The third-order valence-electron chi connectivity index (χ3n) is 3.72. The van der Waals surface area contributed by atoms with Gasteiger partial charge in [0.2, 0.25) is 0 Å². The van der Waals surface area contributed by atoms with Gasteiger partial charge in [0.1, 0.15) is 18.1 Å². The molecule has 24 heavy (non-hydrogen) atoms. The topological polar surface area (TPSA) is 42.2 Å². The minimum absolute atomic E-state index is 0.523. The molecule has 0 aliphatic carbocycles. The van der Waals surface area contributed by atoms with Crippen molar-refractivity contribution in [2.24, 2.45) is 0 Å². The summed E-state index contributed by atoms with van der Waals surface area (Å²) in [5, 5.41) is 9.02. The smallest absolute Gasteiger partial charge is 0.128 e. The molecular weight excluding hydrogens is 298 g/mol. The number of ether oxygens (including phenoxy) is 2. The fraction of sp³-hybridized carbons (Fsp3) is 0.0952. The van der Waals surface area contributed by atoms with Gasteiger partial charge in [-0.3, -0.25) is 0 Å². The number of hydrogen-bond donors (Lipinski definition) is 0. The Labute approximate surface area is 141 Å². The SMILES string of the molecule is COc1cc(C#N)ccc1-c1cccc(OCc2ccccc2)c1. The van der Waals surface area contributed by atoms with Gasteiger partial charge in [-0.05, 0) is 41.5 Å². The maximum Gasteiger partial charge on any atom is 0.128 e. The van der Waals surface area contributed by atoms with E-state index in [1.807, 2.05) is 60.7 Å². The zero-order valence-corrected chi connectivity index (χ0v) is 13.4. The van der Waals surface area contributed by atoms with Crippen molar-refractivity contribution in [2.75, 3.05) is 7.11 Å². The Morgan fingerprint density at radius 2 is 1.75 bits per heavy atom. The van der Waals surface area contributed by atoms with E-state index in [4.69, 9.17) is 14.7 Å². The van der Waals surface area contributed by atoms with E-state index in [0.717, 1.165) is 22.4 Å². The normalized spacial score (nSPS) is 10.0. The van der Waals surface area contributed by atoms with Crippen LogP contribution >= 0.6 is 0 Å². The molecule has 0 spiro atoms. The fourth-order valence-electron chi connectivity index (χ4n) is 2.49. The molecule has 0 heterocycles. The van der Waals surface area contributed by atoms with Gasteiger partial charge in [-0.15, -0.1) is 0 Å². The van der Waals surface area contributed by atoms with Crippen LogP contribution in [0, 0.1) is 11.3 Å². The fourth-order valence-corrected chi connectivity index (χ4v) is 2.49. The van der Waals surface area contributed by atoms with Crippen LogP contribution in [0.1, 0.15) is 11.1 Å². The van der Waals surface area contributed by atoms with Crippen molar-refractivity contribution in [2.45, 2.75) is 6.61 Å². The van der Waals surface area contributed by atoms with Gasteiger partial charge < -0.3 is 9.47 Å². The highest BCUT2D eigenvalue weighted by molar-refractivity contribution is 5.72. The van der Waals surface area contributed by atoms with Gasteiger partial charge in [-0.25, -0.2) is 0 Å². The van der Waals surface area contributed by atoms with Gasteiger partial charge in [-0.1, -0.05) is 42.5 Å². The molecule has 3 aromatic rings. The lowest BCUT2D eigenvalue weighted by Gasteiger charge is -2.11. The molecule has 0 aliphatic heterocycles. The third-order valence-corrected chi connectivity index (χ3v) is 3.72. The van der Waals surface area contributed by atoms with E-state index in [1.54, 1.807) is 19.2 Å². The van der Waals surface area contributed by atoms with Crippen molar-refractivity contribution in [1.29, 1.82) is 5.26 Å². The lowest BCUT2D eigenvalue weighted by Crippen LogP contribution is -1.95. The number of hydrogen-bond acceptors (Lipinski definition) is 3. The van der Waals surface area contributed by atoms with Gasteiger partial charge in [-0.2, -0.15) is 5.26 Å². The highest BCUT2D eigenvalue weighted by Crippen LogP contribution is 2.32. The largest absolute Gasteiger partial charge is 0.496 e. The molecule has 0 amide bonds. The Balaban J connectivity index is 1.84. The molecule has 0 saturated carbocycles. The van der Waals surface area contributed by atoms with E-state index >= 15 is 0 Å². The summed E-state index contributed by atoms with van der Waals surface area (Å²) in [6, 6.07) is 25.5. The van der Waals surface area contributed by atoms with Crippen LogP contribution in [-0.4, -0.2) is 7.11 Å². The van der Waals surface area contributed by atoms with Crippen LogP contribution in [-0.2, 0) is 6.61 Å². The Bertz CT molecular complexity index is 867. The second-order valence-corrected chi connectivity index (χ2v) is 5.33.